The number of ether oxygens (including phenoxy) is 1. The highest BCUT2D eigenvalue weighted by atomic mass is 35.5. The van der Waals surface area contributed by atoms with Crippen LogP contribution in [-0.2, 0) is 19.4 Å². The van der Waals surface area contributed by atoms with Crippen molar-refractivity contribution in [2.45, 2.75) is 18.2 Å². The van der Waals surface area contributed by atoms with Crippen LogP contribution < -0.4 is 4.90 Å². The van der Waals surface area contributed by atoms with Crippen molar-refractivity contribution in [2.24, 2.45) is 0 Å². The lowest BCUT2D eigenvalue weighted by molar-refractivity contribution is -0.116. The summed E-state index contributed by atoms with van der Waals surface area (Å²) >= 11 is 7.62. The number of carbonyl (C=O) groups excluding carboxylic acids is 1. The van der Waals surface area contributed by atoms with Crippen molar-refractivity contribution >= 4 is 54.0 Å². The monoisotopic (exact) mass is 507 g/mol. The van der Waals surface area contributed by atoms with Gasteiger partial charge in [-0.1, -0.05) is 46.7 Å². The number of hydrogen-bond donors (Lipinski definition) is 0. The van der Waals surface area contributed by atoms with Crippen molar-refractivity contribution in [2.75, 3.05) is 50.0 Å². The zero-order valence-electron chi connectivity index (χ0n) is 18.4. The molecule has 0 N–H and O–H groups in total. The molecule has 0 bridgehead atoms. The van der Waals surface area contributed by atoms with Crippen molar-refractivity contribution < 1.29 is 17.9 Å². The molecule has 4 rings (SSSR count). The Bertz CT molecular complexity index is 1220. The molecule has 176 valence electrons. The molecule has 2 heterocycles. The van der Waals surface area contributed by atoms with E-state index < -0.39 is 21.5 Å². The quantitative estimate of drug-likeness (QED) is 0.461. The zero-order chi connectivity index (χ0) is 23.4. The topological polar surface area (TPSA) is 79.8 Å². The summed E-state index contributed by atoms with van der Waals surface area (Å²) in [6.07, 6.45) is 0.694. The highest BCUT2D eigenvalue weighted by Crippen LogP contribution is 2.33. The minimum absolute atomic E-state index is 0.141. The van der Waals surface area contributed by atoms with Gasteiger partial charge in [0.25, 0.3) is 0 Å². The highest BCUT2D eigenvalue weighted by Gasteiger charge is 2.27. The Kier molecular flexibility index (Phi) is 7.65. The fraction of sp³-hybridized carbons (Fsp3) is 0.391. The van der Waals surface area contributed by atoms with Crippen LogP contribution in [0.25, 0.3) is 10.2 Å². The van der Waals surface area contributed by atoms with E-state index in [9.17, 15) is 13.2 Å². The molecule has 1 saturated heterocycles. The van der Waals surface area contributed by atoms with Crippen LogP contribution in [0, 0.1) is 6.92 Å². The molecule has 1 aromatic heterocycles. The number of aromatic nitrogens is 1. The summed E-state index contributed by atoms with van der Waals surface area (Å²) in [4.78, 5) is 21.8. The summed E-state index contributed by atoms with van der Waals surface area (Å²) in [5.41, 5.74) is 1.57. The first kappa shape index (κ1) is 24.1. The third-order valence-electron chi connectivity index (χ3n) is 5.54. The van der Waals surface area contributed by atoms with Gasteiger partial charge in [0, 0.05) is 26.2 Å². The van der Waals surface area contributed by atoms with Gasteiger partial charge in [0.05, 0.1) is 27.8 Å². The third kappa shape index (κ3) is 5.91. The first-order chi connectivity index (χ1) is 15.8. The fourth-order valence-electron chi connectivity index (χ4n) is 3.69. The minimum Gasteiger partial charge on any atom is -0.379 e. The van der Waals surface area contributed by atoms with E-state index in [1.54, 1.807) is 18.2 Å². The summed E-state index contributed by atoms with van der Waals surface area (Å²) < 4.78 is 32.1. The molecule has 0 saturated carbocycles. The number of para-hydroxylation sites is 1. The van der Waals surface area contributed by atoms with Gasteiger partial charge in [-0.05, 0) is 37.6 Å². The smallest absolute Gasteiger partial charge is 0.244 e. The lowest BCUT2D eigenvalue weighted by Gasteiger charge is -2.27. The Balaban J connectivity index is 1.55. The van der Waals surface area contributed by atoms with Crippen LogP contribution in [-0.4, -0.2) is 69.4 Å². The number of aryl methyl sites for hydroxylation is 1. The van der Waals surface area contributed by atoms with Gasteiger partial charge in [-0.3, -0.25) is 14.6 Å². The molecule has 1 aliphatic rings. The average molecular weight is 508 g/mol. The lowest BCUT2D eigenvalue weighted by atomic mass is 10.2. The Morgan fingerprint density at radius 3 is 2.61 bits per heavy atom. The van der Waals surface area contributed by atoms with E-state index in [0.717, 1.165) is 29.9 Å². The second kappa shape index (κ2) is 10.5. The Morgan fingerprint density at radius 1 is 1.18 bits per heavy atom. The first-order valence-electron chi connectivity index (χ1n) is 10.8. The third-order valence-corrected chi connectivity index (χ3v) is 8.51. The average Bonchev–Trinajstić information content (AvgIpc) is 3.22. The van der Waals surface area contributed by atoms with Gasteiger partial charge in [0.1, 0.15) is 11.3 Å². The molecular weight excluding hydrogens is 482 g/mol. The van der Waals surface area contributed by atoms with E-state index in [1.807, 2.05) is 19.1 Å². The van der Waals surface area contributed by atoms with Crippen LogP contribution in [0.1, 0.15) is 12.0 Å². The molecule has 0 spiro atoms. The number of benzene rings is 2. The summed E-state index contributed by atoms with van der Waals surface area (Å²) in [5.74, 6) is -1.11. The number of sulfone groups is 1. The summed E-state index contributed by atoms with van der Waals surface area (Å²) in [6, 6.07) is 12.0. The molecule has 1 amide bonds. The van der Waals surface area contributed by atoms with Crippen molar-refractivity contribution in [3.63, 3.8) is 0 Å². The first-order valence-corrected chi connectivity index (χ1v) is 13.6. The molecule has 0 atom stereocenters. The molecular formula is C23H26ClN3O4S2. The van der Waals surface area contributed by atoms with Gasteiger partial charge in [0.15, 0.2) is 15.0 Å². The normalized spacial score (nSPS) is 15.1. The van der Waals surface area contributed by atoms with Gasteiger partial charge in [0.2, 0.25) is 5.91 Å². The molecule has 0 radical (unpaired) electrons. The number of nitrogens with zero attached hydrogens (tertiary/aromatic N) is 3. The Morgan fingerprint density at radius 2 is 1.91 bits per heavy atom. The number of thiazole rings is 1. The maximum absolute atomic E-state index is 13.3. The van der Waals surface area contributed by atoms with Crippen molar-refractivity contribution in [1.82, 2.24) is 9.88 Å². The van der Waals surface area contributed by atoms with Crippen LogP contribution >= 0.6 is 22.9 Å². The van der Waals surface area contributed by atoms with E-state index in [2.05, 4.69) is 9.88 Å². The van der Waals surface area contributed by atoms with E-state index in [4.69, 9.17) is 16.3 Å². The van der Waals surface area contributed by atoms with E-state index in [0.29, 0.717) is 41.9 Å². The van der Waals surface area contributed by atoms with Gasteiger partial charge in [-0.2, -0.15) is 0 Å². The second-order valence-corrected chi connectivity index (χ2v) is 11.4. The van der Waals surface area contributed by atoms with E-state index in [1.165, 1.54) is 28.4 Å². The number of halogens is 1. The standard InChI is InChI=1S/C23H26ClN3O4S2/c1-17-6-8-18(9-7-17)33(29,30)16-21(28)27(11-3-10-26-12-14-31-15-13-26)23-25-22-19(24)4-2-5-20(22)32-23/h2,4-9H,3,10-16H2,1H3. The van der Waals surface area contributed by atoms with Crippen LogP contribution in [0.3, 0.4) is 0 Å². The molecule has 7 nitrogen and oxygen atoms in total. The summed E-state index contributed by atoms with van der Waals surface area (Å²) in [7, 11) is -3.78. The van der Waals surface area contributed by atoms with Crippen LogP contribution in [0.15, 0.2) is 47.4 Å². The van der Waals surface area contributed by atoms with Crippen LogP contribution in [0.5, 0.6) is 0 Å². The van der Waals surface area contributed by atoms with E-state index in [-0.39, 0.29) is 4.90 Å². The number of fused-ring (bicyclic) bond motifs is 1. The molecule has 0 unspecified atom stereocenters. The highest BCUT2D eigenvalue weighted by molar-refractivity contribution is 7.92. The molecule has 1 aliphatic heterocycles. The Hall–Kier alpha value is -2.04. The predicted octanol–water partition coefficient (Wildman–Crippen LogP) is 3.79. The number of amides is 1. The number of hydrogen-bond acceptors (Lipinski definition) is 7. The van der Waals surface area contributed by atoms with Gasteiger partial charge < -0.3 is 4.74 Å². The molecule has 33 heavy (non-hydrogen) atoms. The maximum Gasteiger partial charge on any atom is 0.244 e. The molecule has 0 aliphatic carbocycles. The van der Waals surface area contributed by atoms with Gasteiger partial charge in [-0.25, -0.2) is 13.4 Å². The number of rotatable bonds is 8. The van der Waals surface area contributed by atoms with Gasteiger partial charge in [-0.15, -0.1) is 0 Å². The SMILES string of the molecule is Cc1ccc(S(=O)(=O)CC(=O)N(CCCN2CCOCC2)c2nc3c(Cl)cccc3s2)cc1. The fourth-order valence-corrected chi connectivity index (χ4v) is 6.20. The van der Waals surface area contributed by atoms with E-state index >= 15 is 0 Å². The van der Waals surface area contributed by atoms with Crippen LogP contribution in [0.4, 0.5) is 5.13 Å². The minimum atomic E-state index is -3.78. The number of morpholine rings is 1. The van der Waals surface area contributed by atoms with Crippen LogP contribution in [0.2, 0.25) is 5.02 Å². The summed E-state index contributed by atoms with van der Waals surface area (Å²) in [6.45, 7) is 6.16. The van der Waals surface area contributed by atoms with Crippen molar-refractivity contribution in [1.29, 1.82) is 0 Å². The van der Waals surface area contributed by atoms with Gasteiger partial charge >= 0.3 is 0 Å². The number of anilines is 1. The molecule has 3 aromatic rings. The second-order valence-electron chi connectivity index (χ2n) is 8.01. The number of carbonyl (C=O) groups is 1. The molecule has 1 fully saturated rings. The Labute approximate surface area is 202 Å². The summed E-state index contributed by atoms with van der Waals surface area (Å²) in [5, 5.41) is 0.965. The molecule has 2 aromatic carbocycles. The zero-order valence-corrected chi connectivity index (χ0v) is 20.8. The lowest BCUT2D eigenvalue weighted by Crippen LogP contribution is -2.40. The maximum atomic E-state index is 13.3. The van der Waals surface area contributed by atoms with Crippen molar-refractivity contribution in [3.05, 3.63) is 53.1 Å². The predicted molar refractivity (Wildman–Crippen MR) is 132 cm³/mol. The molecule has 10 heteroatoms. The van der Waals surface area contributed by atoms with Crippen molar-refractivity contribution in [3.8, 4) is 0 Å². The largest absolute Gasteiger partial charge is 0.379 e.